The Morgan fingerprint density at radius 1 is 1.56 bits per heavy atom. The molecule has 0 aliphatic heterocycles. The molecule has 0 aromatic heterocycles. The summed E-state index contributed by atoms with van der Waals surface area (Å²) in [5.74, 6) is 0. The molecular formula is C14H22O2. The van der Waals surface area contributed by atoms with Crippen LogP contribution in [0.5, 0.6) is 0 Å². The lowest BCUT2D eigenvalue weighted by Gasteiger charge is -2.30. The van der Waals surface area contributed by atoms with Gasteiger partial charge in [0.15, 0.2) is 0 Å². The lowest BCUT2D eigenvalue weighted by molar-refractivity contribution is -0.142. The van der Waals surface area contributed by atoms with Crippen molar-refractivity contribution in [1.82, 2.24) is 0 Å². The Hall–Kier alpha value is -1.05. The van der Waals surface area contributed by atoms with Crippen LogP contribution in [0.15, 0.2) is 23.3 Å². The molecule has 1 unspecified atom stereocenters. The third kappa shape index (κ3) is 4.21. The van der Waals surface area contributed by atoms with Crippen molar-refractivity contribution in [2.45, 2.75) is 58.5 Å². The first kappa shape index (κ1) is 13.0. The predicted molar refractivity (Wildman–Crippen MR) is 66.2 cm³/mol. The first-order valence-corrected chi connectivity index (χ1v) is 5.98. The quantitative estimate of drug-likeness (QED) is 0.523. The second kappa shape index (κ2) is 5.88. The minimum atomic E-state index is -0.262. The summed E-state index contributed by atoms with van der Waals surface area (Å²) in [6.07, 6.45) is 9.65. The molecule has 0 saturated heterocycles. The van der Waals surface area contributed by atoms with E-state index in [0.717, 1.165) is 32.1 Å². The van der Waals surface area contributed by atoms with Gasteiger partial charge in [0.25, 0.3) is 6.47 Å². The minimum Gasteiger partial charge on any atom is -0.461 e. The molecule has 0 fully saturated rings. The highest BCUT2D eigenvalue weighted by atomic mass is 16.5. The van der Waals surface area contributed by atoms with Crippen LogP contribution in [0.4, 0.5) is 0 Å². The fourth-order valence-corrected chi connectivity index (χ4v) is 1.99. The first-order valence-electron chi connectivity index (χ1n) is 5.98. The Bertz CT molecular complexity index is 298. The number of carbonyl (C=O) groups excluding carboxylic acids is 1. The summed E-state index contributed by atoms with van der Waals surface area (Å²) < 4.78 is 5.12. The van der Waals surface area contributed by atoms with Gasteiger partial charge in [0.05, 0.1) is 0 Å². The van der Waals surface area contributed by atoms with Crippen LogP contribution in [0.2, 0.25) is 0 Å². The van der Waals surface area contributed by atoms with E-state index in [1.165, 1.54) is 11.1 Å². The fourth-order valence-electron chi connectivity index (χ4n) is 1.99. The molecule has 16 heavy (non-hydrogen) atoms. The summed E-state index contributed by atoms with van der Waals surface area (Å²) in [5, 5.41) is 0. The molecule has 0 amide bonds. The Balaban J connectivity index is 2.40. The van der Waals surface area contributed by atoms with Gasteiger partial charge in [0.1, 0.15) is 5.60 Å². The van der Waals surface area contributed by atoms with Crippen LogP contribution in [-0.4, -0.2) is 12.1 Å². The molecule has 0 saturated carbocycles. The highest BCUT2D eigenvalue weighted by Gasteiger charge is 2.27. The van der Waals surface area contributed by atoms with E-state index in [1.807, 2.05) is 6.92 Å². The Labute approximate surface area is 98.4 Å². The number of rotatable bonds is 5. The van der Waals surface area contributed by atoms with Crippen LogP contribution >= 0.6 is 0 Å². The number of carbonyl (C=O) groups is 1. The lowest BCUT2D eigenvalue weighted by Crippen LogP contribution is -2.30. The maximum Gasteiger partial charge on any atom is 0.293 e. The van der Waals surface area contributed by atoms with Gasteiger partial charge in [0.2, 0.25) is 0 Å². The SMILES string of the molecule is CC(C)=CCCC1=CCC(C)(OC=O)CC1. The standard InChI is InChI=1S/C14H22O2/c1-12(2)5-4-6-13-7-9-14(3,10-8-13)16-11-15/h5,7,11H,4,6,8-10H2,1-3H3. The average Bonchev–Trinajstić information content (AvgIpc) is 2.21. The fraction of sp³-hybridized carbons (Fsp3) is 0.643. The second-order valence-corrected chi connectivity index (χ2v) is 5.05. The van der Waals surface area contributed by atoms with Crippen molar-refractivity contribution in [1.29, 1.82) is 0 Å². The van der Waals surface area contributed by atoms with Gasteiger partial charge in [-0.1, -0.05) is 23.3 Å². The predicted octanol–water partition coefficient (Wildman–Crippen LogP) is 3.77. The number of hydrogen-bond donors (Lipinski definition) is 0. The first-order chi connectivity index (χ1) is 7.56. The molecule has 2 heteroatoms. The van der Waals surface area contributed by atoms with Crippen LogP contribution in [0.3, 0.4) is 0 Å². The normalized spacial score (nSPS) is 24.6. The third-order valence-corrected chi connectivity index (χ3v) is 3.15. The zero-order valence-electron chi connectivity index (χ0n) is 10.6. The molecule has 1 aliphatic rings. The number of ether oxygens (including phenoxy) is 1. The second-order valence-electron chi connectivity index (χ2n) is 5.05. The van der Waals surface area contributed by atoms with Gasteiger partial charge in [0, 0.05) is 6.42 Å². The van der Waals surface area contributed by atoms with Crippen LogP contribution in [0.25, 0.3) is 0 Å². The van der Waals surface area contributed by atoms with E-state index >= 15 is 0 Å². The van der Waals surface area contributed by atoms with Crippen molar-refractivity contribution in [3.05, 3.63) is 23.3 Å². The Kier molecular flexibility index (Phi) is 4.78. The smallest absolute Gasteiger partial charge is 0.293 e. The highest BCUT2D eigenvalue weighted by molar-refractivity contribution is 5.38. The van der Waals surface area contributed by atoms with Gasteiger partial charge in [-0.25, -0.2) is 0 Å². The monoisotopic (exact) mass is 222 g/mol. The third-order valence-electron chi connectivity index (χ3n) is 3.15. The van der Waals surface area contributed by atoms with Gasteiger partial charge >= 0.3 is 0 Å². The van der Waals surface area contributed by atoms with Crippen LogP contribution < -0.4 is 0 Å². The molecule has 0 heterocycles. The van der Waals surface area contributed by atoms with Crippen molar-refractivity contribution in [3.63, 3.8) is 0 Å². The molecule has 0 aromatic rings. The zero-order chi connectivity index (χ0) is 12.0. The molecule has 1 aliphatic carbocycles. The lowest BCUT2D eigenvalue weighted by atomic mass is 9.85. The van der Waals surface area contributed by atoms with Crippen molar-refractivity contribution in [3.8, 4) is 0 Å². The number of allylic oxidation sites excluding steroid dienone is 3. The van der Waals surface area contributed by atoms with Crippen molar-refractivity contribution >= 4 is 6.47 Å². The van der Waals surface area contributed by atoms with E-state index in [-0.39, 0.29) is 5.60 Å². The molecule has 0 radical (unpaired) electrons. The van der Waals surface area contributed by atoms with Crippen LogP contribution in [0.1, 0.15) is 52.9 Å². The van der Waals surface area contributed by atoms with E-state index in [4.69, 9.17) is 4.74 Å². The molecule has 90 valence electrons. The summed E-state index contributed by atoms with van der Waals surface area (Å²) in [4.78, 5) is 10.4. The van der Waals surface area contributed by atoms with Crippen molar-refractivity contribution in [2.24, 2.45) is 0 Å². The molecule has 0 N–H and O–H groups in total. The number of hydrogen-bond acceptors (Lipinski definition) is 2. The molecule has 1 rings (SSSR count). The van der Waals surface area contributed by atoms with E-state index in [0.29, 0.717) is 6.47 Å². The molecule has 0 spiro atoms. The van der Waals surface area contributed by atoms with E-state index < -0.39 is 0 Å². The summed E-state index contributed by atoms with van der Waals surface area (Å²) in [7, 11) is 0. The van der Waals surface area contributed by atoms with Gasteiger partial charge < -0.3 is 4.74 Å². The molecule has 2 nitrogen and oxygen atoms in total. The zero-order valence-corrected chi connectivity index (χ0v) is 10.6. The molecule has 0 bridgehead atoms. The molecular weight excluding hydrogens is 200 g/mol. The van der Waals surface area contributed by atoms with E-state index in [9.17, 15) is 4.79 Å². The maximum absolute atomic E-state index is 10.4. The van der Waals surface area contributed by atoms with Crippen LogP contribution in [-0.2, 0) is 9.53 Å². The molecule has 1 atom stereocenters. The summed E-state index contributed by atoms with van der Waals surface area (Å²) in [6.45, 7) is 6.83. The Morgan fingerprint density at radius 2 is 2.31 bits per heavy atom. The molecule has 0 aromatic carbocycles. The maximum atomic E-state index is 10.4. The van der Waals surface area contributed by atoms with Gasteiger partial charge in [-0.2, -0.15) is 0 Å². The van der Waals surface area contributed by atoms with E-state index in [2.05, 4.69) is 26.0 Å². The van der Waals surface area contributed by atoms with Crippen LogP contribution in [0, 0.1) is 0 Å². The largest absolute Gasteiger partial charge is 0.461 e. The van der Waals surface area contributed by atoms with Gasteiger partial charge in [-0.3, -0.25) is 4.79 Å². The Morgan fingerprint density at radius 3 is 2.81 bits per heavy atom. The minimum absolute atomic E-state index is 0.262. The highest BCUT2D eigenvalue weighted by Crippen LogP contribution is 2.31. The van der Waals surface area contributed by atoms with E-state index in [1.54, 1.807) is 0 Å². The summed E-state index contributed by atoms with van der Waals surface area (Å²) in [5.41, 5.74) is 2.62. The van der Waals surface area contributed by atoms with Gasteiger partial charge in [-0.05, 0) is 46.5 Å². The topological polar surface area (TPSA) is 26.3 Å². The summed E-state index contributed by atoms with van der Waals surface area (Å²) >= 11 is 0. The van der Waals surface area contributed by atoms with Gasteiger partial charge in [-0.15, -0.1) is 0 Å². The van der Waals surface area contributed by atoms with Crippen molar-refractivity contribution < 1.29 is 9.53 Å². The van der Waals surface area contributed by atoms with Crippen molar-refractivity contribution in [2.75, 3.05) is 0 Å². The average molecular weight is 222 g/mol. The summed E-state index contributed by atoms with van der Waals surface area (Å²) in [6, 6.07) is 0.